The van der Waals surface area contributed by atoms with Gasteiger partial charge in [0.1, 0.15) is 0 Å². The van der Waals surface area contributed by atoms with Gasteiger partial charge in [-0.3, -0.25) is 15.0 Å². The zero-order valence-corrected chi connectivity index (χ0v) is 11.4. The molecule has 0 unspecified atom stereocenters. The summed E-state index contributed by atoms with van der Waals surface area (Å²) in [5.74, 6) is -0.265. The summed E-state index contributed by atoms with van der Waals surface area (Å²) in [6.07, 6.45) is 0.269. The van der Waals surface area contributed by atoms with Crippen LogP contribution in [-0.4, -0.2) is 23.6 Å². The summed E-state index contributed by atoms with van der Waals surface area (Å²) >= 11 is 0. The fraction of sp³-hybridized carbons (Fsp3) is 0.429. The van der Waals surface area contributed by atoms with E-state index >= 15 is 0 Å². The van der Waals surface area contributed by atoms with Crippen LogP contribution in [0.15, 0.2) is 18.2 Å². The Labute approximate surface area is 112 Å². The van der Waals surface area contributed by atoms with Crippen molar-refractivity contribution in [3.05, 3.63) is 29.3 Å². The molecule has 1 heterocycles. The molecule has 5 heteroatoms. The highest BCUT2D eigenvalue weighted by atomic mass is 16.3. The Hall–Kier alpha value is -1.88. The van der Waals surface area contributed by atoms with E-state index in [9.17, 15) is 14.7 Å². The van der Waals surface area contributed by atoms with Crippen LogP contribution in [0.25, 0.3) is 0 Å². The van der Waals surface area contributed by atoms with E-state index < -0.39 is 11.6 Å². The molecule has 1 aromatic carbocycles. The quantitative estimate of drug-likeness (QED) is 0.851. The van der Waals surface area contributed by atoms with E-state index in [0.29, 0.717) is 17.8 Å². The first-order valence-electron chi connectivity index (χ1n) is 6.24. The molecule has 2 N–H and O–H groups in total. The lowest BCUT2D eigenvalue weighted by Crippen LogP contribution is -2.50. The third-order valence-corrected chi connectivity index (χ3v) is 3.16. The van der Waals surface area contributed by atoms with Crippen molar-refractivity contribution in [2.24, 2.45) is 0 Å². The standard InChI is InChI=1S/C14H18N2O3/c1-9-4-5-10(14(2,3)19)11(8-9)16-7-6-12(17)15-13(16)18/h4-5,8,19H,6-7H2,1-3H3,(H,15,17,18). The van der Waals surface area contributed by atoms with Gasteiger partial charge in [-0.05, 0) is 32.4 Å². The first kappa shape index (κ1) is 13.5. The summed E-state index contributed by atoms with van der Waals surface area (Å²) in [5, 5.41) is 12.5. The van der Waals surface area contributed by atoms with Gasteiger partial charge in [-0.2, -0.15) is 0 Å². The van der Waals surface area contributed by atoms with Gasteiger partial charge in [0, 0.05) is 18.5 Å². The van der Waals surface area contributed by atoms with Crippen LogP contribution in [0.5, 0.6) is 0 Å². The number of hydrogen-bond acceptors (Lipinski definition) is 3. The van der Waals surface area contributed by atoms with E-state index in [4.69, 9.17) is 0 Å². The lowest BCUT2D eigenvalue weighted by molar-refractivity contribution is -0.120. The lowest BCUT2D eigenvalue weighted by atomic mass is 9.94. The molecule has 1 fully saturated rings. The van der Waals surface area contributed by atoms with E-state index in [-0.39, 0.29) is 12.3 Å². The van der Waals surface area contributed by atoms with Crippen molar-refractivity contribution in [3.8, 4) is 0 Å². The molecule has 0 aliphatic carbocycles. The molecule has 0 bridgehead atoms. The van der Waals surface area contributed by atoms with Gasteiger partial charge in [-0.1, -0.05) is 12.1 Å². The number of carbonyl (C=O) groups is 2. The van der Waals surface area contributed by atoms with Crippen LogP contribution >= 0.6 is 0 Å². The van der Waals surface area contributed by atoms with Gasteiger partial charge in [0.2, 0.25) is 5.91 Å². The summed E-state index contributed by atoms with van der Waals surface area (Å²) in [4.78, 5) is 24.6. The smallest absolute Gasteiger partial charge is 0.328 e. The Morgan fingerprint density at radius 2 is 2.00 bits per heavy atom. The molecular weight excluding hydrogens is 244 g/mol. The van der Waals surface area contributed by atoms with Crippen LogP contribution < -0.4 is 10.2 Å². The van der Waals surface area contributed by atoms with Gasteiger partial charge >= 0.3 is 6.03 Å². The summed E-state index contributed by atoms with van der Waals surface area (Å²) in [6.45, 7) is 5.60. The highest BCUT2D eigenvalue weighted by Gasteiger charge is 2.29. The molecule has 0 saturated carbocycles. The molecule has 1 aliphatic rings. The largest absolute Gasteiger partial charge is 0.386 e. The number of urea groups is 1. The van der Waals surface area contributed by atoms with Gasteiger partial charge in [0.25, 0.3) is 0 Å². The zero-order valence-electron chi connectivity index (χ0n) is 11.4. The highest BCUT2D eigenvalue weighted by molar-refractivity contribution is 6.06. The monoisotopic (exact) mass is 262 g/mol. The maximum Gasteiger partial charge on any atom is 0.328 e. The molecular formula is C14H18N2O3. The molecule has 1 saturated heterocycles. The van der Waals surface area contributed by atoms with E-state index in [2.05, 4.69) is 5.32 Å². The van der Waals surface area contributed by atoms with Gasteiger partial charge in [0.05, 0.1) is 11.3 Å². The predicted molar refractivity (Wildman–Crippen MR) is 71.9 cm³/mol. The molecule has 0 radical (unpaired) electrons. The molecule has 2 rings (SSSR count). The number of aryl methyl sites for hydroxylation is 1. The van der Waals surface area contributed by atoms with E-state index in [1.807, 2.05) is 25.1 Å². The average Bonchev–Trinajstić information content (AvgIpc) is 2.27. The summed E-state index contributed by atoms with van der Waals surface area (Å²) < 4.78 is 0. The van der Waals surface area contributed by atoms with Crippen LogP contribution in [-0.2, 0) is 10.4 Å². The number of nitrogens with one attached hydrogen (secondary N) is 1. The van der Waals surface area contributed by atoms with Crippen LogP contribution in [0.3, 0.4) is 0 Å². The van der Waals surface area contributed by atoms with Crippen molar-refractivity contribution >= 4 is 17.6 Å². The molecule has 5 nitrogen and oxygen atoms in total. The van der Waals surface area contributed by atoms with Crippen molar-refractivity contribution in [2.45, 2.75) is 32.8 Å². The molecule has 1 aliphatic heterocycles. The minimum Gasteiger partial charge on any atom is -0.386 e. The zero-order chi connectivity index (χ0) is 14.2. The normalized spacial score (nSPS) is 16.5. The van der Waals surface area contributed by atoms with Crippen molar-refractivity contribution in [2.75, 3.05) is 11.4 Å². The van der Waals surface area contributed by atoms with Crippen molar-refractivity contribution in [1.29, 1.82) is 0 Å². The second kappa shape index (κ2) is 4.66. The number of nitrogens with zero attached hydrogens (tertiary/aromatic N) is 1. The molecule has 0 aromatic heterocycles. The minimum absolute atomic E-state index is 0.265. The van der Waals surface area contributed by atoms with Crippen molar-refractivity contribution < 1.29 is 14.7 Å². The highest BCUT2D eigenvalue weighted by Crippen LogP contribution is 2.32. The van der Waals surface area contributed by atoms with Gasteiger partial charge in [0.15, 0.2) is 0 Å². The molecule has 1 aromatic rings. The first-order valence-corrected chi connectivity index (χ1v) is 6.24. The molecule has 19 heavy (non-hydrogen) atoms. The lowest BCUT2D eigenvalue weighted by Gasteiger charge is -2.31. The van der Waals surface area contributed by atoms with Crippen LogP contribution in [0.4, 0.5) is 10.5 Å². The topological polar surface area (TPSA) is 69.6 Å². The van der Waals surface area contributed by atoms with Crippen LogP contribution in [0, 0.1) is 6.92 Å². The average molecular weight is 262 g/mol. The number of rotatable bonds is 2. The first-order chi connectivity index (χ1) is 8.79. The Morgan fingerprint density at radius 1 is 1.32 bits per heavy atom. The summed E-state index contributed by atoms with van der Waals surface area (Å²) in [5.41, 5.74) is 1.26. The molecule has 0 atom stereocenters. The number of amides is 3. The third-order valence-electron chi connectivity index (χ3n) is 3.16. The number of imide groups is 1. The molecule has 3 amide bonds. The van der Waals surface area contributed by atoms with Crippen LogP contribution in [0.1, 0.15) is 31.4 Å². The maximum absolute atomic E-state index is 11.9. The second-order valence-electron chi connectivity index (χ2n) is 5.33. The Kier molecular flexibility index (Phi) is 3.32. The van der Waals surface area contributed by atoms with Crippen molar-refractivity contribution in [1.82, 2.24) is 5.32 Å². The van der Waals surface area contributed by atoms with Gasteiger partial charge in [-0.25, -0.2) is 4.79 Å². The number of hydrogen-bond donors (Lipinski definition) is 2. The Morgan fingerprint density at radius 3 is 2.58 bits per heavy atom. The third kappa shape index (κ3) is 2.76. The summed E-state index contributed by atoms with van der Waals surface area (Å²) in [6, 6.07) is 5.12. The maximum atomic E-state index is 11.9. The van der Waals surface area contributed by atoms with Gasteiger partial charge < -0.3 is 5.11 Å². The summed E-state index contributed by atoms with van der Waals surface area (Å²) in [7, 11) is 0. The molecule has 0 spiro atoms. The van der Waals surface area contributed by atoms with Crippen molar-refractivity contribution in [3.63, 3.8) is 0 Å². The fourth-order valence-corrected chi connectivity index (χ4v) is 2.18. The predicted octanol–water partition coefficient (Wildman–Crippen LogP) is 1.67. The number of anilines is 1. The molecule has 102 valence electrons. The Balaban J connectivity index is 2.46. The van der Waals surface area contributed by atoms with E-state index in [1.165, 1.54) is 4.90 Å². The second-order valence-corrected chi connectivity index (χ2v) is 5.33. The fourth-order valence-electron chi connectivity index (χ4n) is 2.18. The SMILES string of the molecule is Cc1ccc(C(C)(C)O)c(N2CCC(=O)NC2=O)c1. The van der Waals surface area contributed by atoms with Gasteiger partial charge in [-0.15, -0.1) is 0 Å². The Bertz CT molecular complexity index is 532. The number of carbonyl (C=O) groups excluding carboxylic acids is 2. The minimum atomic E-state index is -1.05. The van der Waals surface area contributed by atoms with E-state index in [1.54, 1.807) is 13.8 Å². The number of benzene rings is 1. The van der Waals surface area contributed by atoms with E-state index in [0.717, 1.165) is 5.56 Å². The van der Waals surface area contributed by atoms with Crippen LogP contribution in [0.2, 0.25) is 0 Å². The number of aliphatic hydroxyl groups is 1.